The molecule has 0 amide bonds. The molecule has 3 nitrogen and oxygen atoms in total. The summed E-state index contributed by atoms with van der Waals surface area (Å²) in [5.41, 5.74) is 1.60. The summed E-state index contributed by atoms with van der Waals surface area (Å²) in [5, 5.41) is 1.49. The van der Waals surface area contributed by atoms with Crippen molar-refractivity contribution in [1.82, 2.24) is 4.98 Å². The second kappa shape index (κ2) is 3.51. The fourth-order valence-electron chi connectivity index (χ4n) is 1.34. The lowest BCUT2D eigenvalue weighted by Gasteiger charge is -1.93. The third-order valence-electron chi connectivity index (χ3n) is 2.00. The molecule has 0 unspecified atom stereocenters. The Kier molecular flexibility index (Phi) is 2.32. The molecule has 0 aliphatic carbocycles. The number of fused-ring (bicyclic) bond motifs is 1. The first-order chi connectivity index (χ1) is 7.04. The van der Waals surface area contributed by atoms with Gasteiger partial charge in [-0.05, 0) is 35.2 Å². The zero-order valence-corrected chi connectivity index (χ0v) is 8.46. The van der Waals surface area contributed by atoms with Gasteiger partial charge in [-0.2, -0.15) is 8.42 Å². The van der Waals surface area contributed by atoms with Crippen molar-refractivity contribution < 1.29 is 12.3 Å². The summed E-state index contributed by atoms with van der Waals surface area (Å²) < 4.78 is 32.7. The minimum atomic E-state index is -4.55. The molecule has 1 N–H and O–H groups in total. The predicted molar refractivity (Wildman–Crippen MR) is 57.4 cm³/mol. The first-order valence-corrected chi connectivity index (χ1v) is 5.69. The zero-order valence-electron chi connectivity index (χ0n) is 7.64. The van der Waals surface area contributed by atoms with Crippen LogP contribution in [0.2, 0.25) is 0 Å². The van der Waals surface area contributed by atoms with Crippen molar-refractivity contribution in [2.45, 2.75) is 0 Å². The number of aromatic nitrogens is 1. The molecule has 1 aromatic carbocycles. The molecule has 0 fully saturated rings. The normalized spacial score (nSPS) is 12.6. The Morgan fingerprint density at radius 2 is 2.07 bits per heavy atom. The van der Waals surface area contributed by atoms with Crippen LogP contribution in [0.25, 0.3) is 17.0 Å². The molecule has 5 heteroatoms. The lowest BCUT2D eigenvalue weighted by atomic mass is 10.1. The molecule has 0 atom stereocenters. The molecule has 0 aliphatic heterocycles. The van der Waals surface area contributed by atoms with Crippen LogP contribution in [0.5, 0.6) is 0 Å². The maximum atomic E-state index is 12.2. The topological polar surface area (TPSA) is 49.9 Å². The molecule has 0 radical (unpaired) electrons. The van der Waals surface area contributed by atoms with Crippen LogP contribution in [0.4, 0.5) is 3.89 Å². The molecule has 0 bridgehead atoms. The Morgan fingerprint density at radius 1 is 1.27 bits per heavy atom. The summed E-state index contributed by atoms with van der Waals surface area (Å²) in [5.74, 6) is 0. The van der Waals surface area contributed by atoms with E-state index >= 15 is 0 Å². The molecule has 78 valence electrons. The van der Waals surface area contributed by atoms with Crippen LogP contribution in [0.3, 0.4) is 0 Å². The van der Waals surface area contributed by atoms with E-state index in [1.165, 1.54) is 6.08 Å². The van der Waals surface area contributed by atoms with Crippen molar-refractivity contribution in [2.75, 3.05) is 0 Å². The maximum absolute atomic E-state index is 12.2. The summed E-state index contributed by atoms with van der Waals surface area (Å²) in [6.07, 6.45) is 3.01. The maximum Gasteiger partial charge on any atom is 0.325 e. The lowest BCUT2D eigenvalue weighted by molar-refractivity contribution is 0.563. The van der Waals surface area contributed by atoms with Crippen molar-refractivity contribution >= 4 is 27.2 Å². The van der Waals surface area contributed by atoms with Gasteiger partial charge in [0.15, 0.2) is 0 Å². The van der Waals surface area contributed by atoms with Gasteiger partial charge in [0.2, 0.25) is 0 Å². The number of halogens is 1. The fourth-order valence-corrected chi connectivity index (χ4v) is 1.65. The predicted octanol–water partition coefficient (Wildman–Crippen LogP) is 2.44. The Balaban J connectivity index is 2.41. The summed E-state index contributed by atoms with van der Waals surface area (Å²) in [7, 11) is -4.55. The Bertz CT molecular complexity index is 613. The van der Waals surface area contributed by atoms with Gasteiger partial charge in [-0.3, -0.25) is 0 Å². The zero-order chi connectivity index (χ0) is 10.9. The van der Waals surface area contributed by atoms with E-state index in [-0.39, 0.29) is 0 Å². The lowest BCUT2D eigenvalue weighted by Crippen LogP contribution is -1.81. The average Bonchev–Trinajstić information content (AvgIpc) is 2.60. The van der Waals surface area contributed by atoms with Gasteiger partial charge in [0.05, 0.1) is 5.41 Å². The molecular weight excluding hydrogens is 217 g/mol. The minimum absolute atomic E-state index is 0.542. The molecule has 15 heavy (non-hydrogen) atoms. The fraction of sp³-hybridized carbons (Fsp3) is 0. The Morgan fingerprint density at radius 3 is 2.80 bits per heavy atom. The van der Waals surface area contributed by atoms with Crippen LogP contribution >= 0.6 is 0 Å². The van der Waals surface area contributed by atoms with Crippen LogP contribution in [0.15, 0.2) is 35.9 Å². The van der Waals surface area contributed by atoms with Crippen molar-refractivity contribution in [3.05, 3.63) is 41.4 Å². The molecule has 1 aromatic heterocycles. The number of hydrogen-bond acceptors (Lipinski definition) is 2. The van der Waals surface area contributed by atoms with Crippen LogP contribution in [-0.4, -0.2) is 13.4 Å². The van der Waals surface area contributed by atoms with Gasteiger partial charge in [-0.15, -0.1) is 3.89 Å². The van der Waals surface area contributed by atoms with Crippen LogP contribution in [0, 0.1) is 0 Å². The van der Waals surface area contributed by atoms with Gasteiger partial charge >= 0.3 is 10.2 Å². The Labute approximate surface area is 86.4 Å². The molecule has 2 aromatic rings. The summed E-state index contributed by atoms with van der Waals surface area (Å²) in [6, 6.07) is 7.14. The van der Waals surface area contributed by atoms with E-state index in [9.17, 15) is 12.3 Å². The number of aromatic amines is 1. The van der Waals surface area contributed by atoms with Gasteiger partial charge in [0.1, 0.15) is 0 Å². The van der Waals surface area contributed by atoms with E-state index in [1.54, 1.807) is 24.4 Å². The standard InChI is InChI=1S/C10H8FNO2S/c11-15(13,14)6-4-8-1-2-10-9(7-8)3-5-12-10/h1-7,12H/b6-4+. The number of rotatable bonds is 2. The number of benzene rings is 1. The van der Waals surface area contributed by atoms with E-state index in [1.807, 2.05) is 6.07 Å². The van der Waals surface area contributed by atoms with Crippen molar-refractivity contribution in [3.63, 3.8) is 0 Å². The van der Waals surface area contributed by atoms with Gasteiger partial charge in [0.25, 0.3) is 0 Å². The number of nitrogens with one attached hydrogen (secondary N) is 1. The summed E-state index contributed by atoms with van der Waals surface area (Å²) in [6.45, 7) is 0. The van der Waals surface area contributed by atoms with E-state index in [4.69, 9.17) is 0 Å². The van der Waals surface area contributed by atoms with Gasteiger partial charge in [-0.1, -0.05) is 6.07 Å². The molecular formula is C10H8FNO2S. The van der Waals surface area contributed by atoms with E-state index in [0.717, 1.165) is 10.9 Å². The van der Waals surface area contributed by atoms with E-state index in [2.05, 4.69) is 4.98 Å². The smallest absolute Gasteiger partial charge is 0.325 e. The van der Waals surface area contributed by atoms with Crippen LogP contribution in [0.1, 0.15) is 5.56 Å². The highest BCUT2D eigenvalue weighted by Gasteiger charge is 1.99. The highest BCUT2D eigenvalue weighted by atomic mass is 32.3. The summed E-state index contributed by atoms with van der Waals surface area (Å²) >= 11 is 0. The van der Waals surface area contributed by atoms with Gasteiger partial charge in [-0.25, -0.2) is 0 Å². The first kappa shape index (κ1) is 9.92. The number of hydrogen-bond donors (Lipinski definition) is 1. The largest absolute Gasteiger partial charge is 0.361 e. The monoisotopic (exact) mass is 225 g/mol. The molecule has 0 saturated carbocycles. The highest BCUT2D eigenvalue weighted by Crippen LogP contribution is 2.15. The minimum Gasteiger partial charge on any atom is -0.361 e. The van der Waals surface area contributed by atoms with Crippen molar-refractivity contribution in [1.29, 1.82) is 0 Å². The average molecular weight is 225 g/mol. The molecule has 0 aliphatic rings. The second-order valence-corrected chi connectivity index (χ2v) is 4.33. The molecule has 2 rings (SSSR count). The molecule has 1 heterocycles. The summed E-state index contributed by atoms with van der Waals surface area (Å²) in [4.78, 5) is 3.00. The third kappa shape index (κ3) is 2.44. The SMILES string of the molecule is O=S(=O)(F)/C=C/c1ccc2[nH]ccc2c1. The third-order valence-corrected chi connectivity index (χ3v) is 2.46. The van der Waals surface area contributed by atoms with Gasteiger partial charge in [0, 0.05) is 11.7 Å². The highest BCUT2D eigenvalue weighted by molar-refractivity contribution is 7.89. The van der Waals surface area contributed by atoms with E-state index < -0.39 is 10.2 Å². The quantitative estimate of drug-likeness (QED) is 0.798. The molecule has 0 saturated heterocycles. The van der Waals surface area contributed by atoms with Gasteiger partial charge < -0.3 is 4.98 Å². The second-order valence-electron chi connectivity index (χ2n) is 3.10. The van der Waals surface area contributed by atoms with E-state index in [0.29, 0.717) is 11.0 Å². The van der Waals surface area contributed by atoms with Crippen LogP contribution in [-0.2, 0) is 10.2 Å². The first-order valence-electron chi connectivity index (χ1n) is 4.24. The van der Waals surface area contributed by atoms with Crippen LogP contribution < -0.4 is 0 Å². The Hall–Kier alpha value is -1.62. The van der Waals surface area contributed by atoms with Crippen molar-refractivity contribution in [2.24, 2.45) is 0 Å². The molecule has 0 spiro atoms. The van der Waals surface area contributed by atoms with Crippen molar-refractivity contribution in [3.8, 4) is 0 Å². The number of H-pyrrole nitrogens is 1.